The van der Waals surface area contributed by atoms with Gasteiger partial charge in [-0.05, 0) is 30.5 Å². The normalized spacial score (nSPS) is 17.9. The Balaban J connectivity index is 1.98. The van der Waals surface area contributed by atoms with E-state index in [2.05, 4.69) is 36.5 Å². The minimum Gasteiger partial charge on any atom is -0.346 e. The lowest BCUT2D eigenvalue weighted by molar-refractivity contribution is -0.130. The maximum atomic E-state index is 12.2. The van der Waals surface area contributed by atoms with Crippen LogP contribution >= 0.6 is 0 Å². The predicted octanol–water partition coefficient (Wildman–Crippen LogP) is 2.52. The number of unbranched alkanes of at least 4 members (excludes halogenated alkanes) is 1. The number of hydrogen-bond acceptors (Lipinski definition) is 2. The van der Waals surface area contributed by atoms with Crippen molar-refractivity contribution in [3.05, 3.63) is 35.4 Å². The number of rotatable bonds is 5. The Labute approximate surface area is 116 Å². The van der Waals surface area contributed by atoms with E-state index in [4.69, 9.17) is 0 Å². The average Bonchev–Trinajstić information content (AvgIpc) is 2.45. The molecule has 0 bridgehead atoms. The monoisotopic (exact) mass is 260 g/mol. The number of benzene rings is 1. The summed E-state index contributed by atoms with van der Waals surface area (Å²) >= 11 is 0. The molecule has 1 amide bonds. The molecule has 0 spiro atoms. The van der Waals surface area contributed by atoms with E-state index in [-0.39, 0.29) is 11.9 Å². The summed E-state index contributed by atoms with van der Waals surface area (Å²) in [6, 6.07) is 8.64. The van der Waals surface area contributed by atoms with Crippen LogP contribution in [0.25, 0.3) is 0 Å². The van der Waals surface area contributed by atoms with Gasteiger partial charge >= 0.3 is 0 Å². The third-order valence-corrected chi connectivity index (χ3v) is 3.87. The first-order valence-electron chi connectivity index (χ1n) is 7.27. The second kappa shape index (κ2) is 6.71. The lowest BCUT2D eigenvalue weighted by atomic mass is 9.92. The van der Waals surface area contributed by atoms with Crippen LogP contribution < -0.4 is 5.32 Å². The highest BCUT2D eigenvalue weighted by Gasteiger charge is 2.22. The SMILES string of the molecule is CCCCN(C)C(=O)CC1NCCc2ccccc21. The molecule has 0 aromatic heterocycles. The molecule has 0 saturated heterocycles. The highest BCUT2D eigenvalue weighted by Crippen LogP contribution is 2.25. The van der Waals surface area contributed by atoms with Crippen molar-refractivity contribution in [1.29, 1.82) is 0 Å². The molecule has 1 aromatic carbocycles. The van der Waals surface area contributed by atoms with Crippen LogP contribution in [0.1, 0.15) is 43.4 Å². The number of nitrogens with one attached hydrogen (secondary N) is 1. The molecular formula is C16H24N2O. The van der Waals surface area contributed by atoms with E-state index in [9.17, 15) is 4.79 Å². The van der Waals surface area contributed by atoms with Crippen molar-refractivity contribution in [2.24, 2.45) is 0 Å². The number of amides is 1. The van der Waals surface area contributed by atoms with Gasteiger partial charge in [-0.15, -0.1) is 0 Å². The number of carbonyl (C=O) groups is 1. The molecule has 1 aliphatic rings. The van der Waals surface area contributed by atoms with Crippen molar-refractivity contribution in [3.8, 4) is 0 Å². The van der Waals surface area contributed by atoms with Crippen LogP contribution in [0.4, 0.5) is 0 Å². The molecule has 2 rings (SSSR count). The van der Waals surface area contributed by atoms with Crippen molar-refractivity contribution in [2.75, 3.05) is 20.1 Å². The molecule has 1 N–H and O–H groups in total. The topological polar surface area (TPSA) is 32.3 Å². The summed E-state index contributed by atoms with van der Waals surface area (Å²) in [6.07, 6.45) is 3.84. The maximum Gasteiger partial charge on any atom is 0.224 e. The molecule has 0 radical (unpaired) electrons. The van der Waals surface area contributed by atoms with Crippen LogP contribution in [0.2, 0.25) is 0 Å². The van der Waals surface area contributed by atoms with Gasteiger partial charge in [0.2, 0.25) is 5.91 Å². The number of fused-ring (bicyclic) bond motifs is 1. The Morgan fingerprint density at radius 1 is 1.42 bits per heavy atom. The number of nitrogens with zero attached hydrogens (tertiary/aromatic N) is 1. The maximum absolute atomic E-state index is 12.2. The Hall–Kier alpha value is -1.35. The number of carbonyl (C=O) groups excluding carboxylic acids is 1. The molecule has 104 valence electrons. The second-order valence-corrected chi connectivity index (χ2v) is 5.33. The molecule has 1 heterocycles. The van der Waals surface area contributed by atoms with Gasteiger partial charge in [-0.1, -0.05) is 37.6 Å². The average molecular weight is 260 g/mol. The van der Waals surface area contributed by atoms with Crippen LogP contribution in [0, 0.1) is 0 Å². The van der Waals surface area contributed by atoms with Crippen LogP contribution in [0.3, 0.4) is 0 Å². The summed E-state index contributed by atoms with van der Waals surface area (Å²) < 4.78 is 0. The van der Waals surface area contributed by atoms with Gasteiger partial charge in [-0.3, -0.25) is 4.79 Å². The zero-order chi connectivity index (χ0) is 13.7. The molecule has 3 nitrogen and oxygen atoms in total. The third kappa shape index (κ3) is 3.57. The van der Waals surface area contributed by atoms with Crippen molar-refractivity contribution in [2.45, 2.75) is 38.6 Å². The molecule has 0 aliphatic carbocycles. The van der Waals surface area contributed by atoms with Crippen LogP contribution in [-0.2, 0) is 11.2 Å². The molecular weight excluding hydrogens is 236 g/mol. The van der Waals surface area contributed by atoms with E-state index in [1.807, 2.05) is 11.9 Å². The highest BCUT2D eigenvalue weighted by molar-refractivity contribution is 5.76. The minimum atomic E-state index is 0.182. The highest BCUT2D eigenvalue weighted by atomic mass is 16.2. The van der Waals surface area contributed by atoms with Gasteiger partial charge in [-0.25, -0.2) is 0 Å². The lowest BCUT2D eigenvalue weighted by Gasteiger charge is -2.28. The Morgan fingerprint density at radius 3 is 3.00 bits per heavy atom. The van der Waals surface area contributed by atoms with Gasteiger partial charge in [0.1, 0.15) is 0 Å². The molecule has 19 heavy (non-hydrogen) atoms. The van der Waals surface area contributed by atoms with Crippen LogP contribution in [0.5, 0.6) is 0 Å². The molecule has 1 atom stereocenters. The summed E-state index contributed by atoms with van der Waals surface area (Å²) in [7, 11) is 1.91. The van der Waals surface area contributed by atoms with Gasteiger partial charge in [0.25, 0.3) is 0 Å². The molecule has 0 saturated carbocycles. The summed E-state index contributed by atoms with van der Waals surface area (Å²) in [5.41, 5.74) is 2.68. The molecule has 1 unspecified atom stereocenters. The predicted molar refractivity (Wildman–Crippen MR) is 78.1 cm³/mol. The van der Waals surface area contributed by atoms with E-state index in [0.717, 1.165) is 32.4 Å². The first kappa shape index (κ1) is 14.1. The van der Waals surface area contributed by atoms with Crippen molar-refractivity contribution in [1.82, 2.24) is 10.2 Å². The van der Waals surface area contributed by atoms with Gasteiger partial charge in [0, 0.05) is 26.1 Å². The van der Waals surface area contributed by atoms with Crippen molar-refractivity contribution < 1.29 is 4.79 Å². The van der Waals surface area contributed by atoms with Gasteiger partial charge < -0.3 is 10.2 Å². The quantitative estimate of drug-likeness (QED) is 0.882. The Kier molecular flexibility index (Phi) is 4.97. The van der Waals surface area contributed by atoms with Crippen molar-refractivity contribution in [3.63, 3.8) is 0 Å². The molecule has 1 aliphatic heterocycles. The van der Waals surface area contributed by atoms with E-state index in [1.54, 1.807) is 0 Å². The fourth-order valence-electron chi connectivity index (χ4n) is 2.63. The first-order chi connectivity index (χ1) is 9.22. The third-order valence-electron chi connectivity index (χ3n) is 3.87. The Morgan fingerprint density at radius 2 is 2.21 bits per heavy atom. The standard InChI is InChI=1S/C16H24N2O/c1-3-4-11-18(2)16(19)12-15-14-8-6-5-7-13(14)9-10-17-15/h5-8,15,17H,3-4,9-12H2,1-2H3. The van der Waals surface area contributed by atoms with Gasteiger partial charge in [-0.2, -0.15) is 0 Å². The Bertz CT molecular complexity index is 431. The zero-order valence-corrected chi connectivity index (χ0v) is 12.0. The van der Waals surface area contributed by atoms with E-state index < -0.39 is 0 Å². The summed E-state index contributed by atoms with van der Waals surface area (Å²) in [4.78, 5) is 14.1. The minimum absolute atomic E-state index is 0.182. The second-order valence-electron chi connectivity index (χ2n) is 5.33. The largest absolute Gasteiger partial charge is 0.346 e. The summed E-state index contributed by atoms with van der Waals surface area (Å²) in [5.74, 6) is 0.239. The van der Waals surface area contributed by atoms with Crippen LogP contribution in [-0.4, -0.2) is 30.9 Å². The van der Waals surface area contributed by atoms with Crippen LogP contribution in [0.15, 0.2) is 24.3 Å². The first-order valence-corrected chi connectivity index (χ1v) is 7.27. The van der Waals surface area contributed by atoms with E-state index in [0.29, 0.717) is 6.42 Å². The molecule has 1 aromatic rings. The molecule has 3 heteroatoms. The van der Waals surface area contributed by atoms with Gasteiger partial charge in [0.05, 0.1) is 0 Å². The zero-order valence-electron chi connectivity index (χ0n) is 12.0. The van der Waals surface area contributed by atoms with Crippen molar-refractivity contribution >= 4 is 5.91 Å². The van der Waals surface area contributed by atoms with E-state index >= 15 is 0 Å². The fourth-order valence-corrected chi connectivity index (χ4v) is 2.63. The smallest absolute Gasteiger partial charge is 0.224 e. The van der Waals surface area contributed by atoms with Gasteiger partial charge in [0.15, 0.2) is 0 Å². The van der Waals surface area contributed by atoms with E-state index in [1.165, 1.54) is 11.1 Å². The summed E-state index contributed by atoms with van der Waals surface area (Å²) in [6.45, 7) is 3.98. The number of hydrogen-bond donors (Lipinski definition) is 1. The molecule has 0 fully saturated rings. The summed E-state index contributed by atoms with van der Waals surface area (Å²) in [5, 5.41) is 3.47. The fraction of sp³-hybridized carbons (Fsp3) is 0.562. The lowest BCUT2D eigenvalue weighted by Crippen LogP contribution is -2.35.